The molecule has 0 atom stereocenters. The highest BCUT2D eigenvalue weighted by Crippen LogP contribution is 2.31. The van der Waals surface area contributed by atoms with Crippen LogP contribution in [-0.2, 0) is 6.18 Å². The average Bonchev–Trinajstić information content (AvgIpc) is 2.57. The SMILES string of the molecule is O=c1cnn(-c2cc(F)c(Oc3ccc(C(F)(F)F)cn3)c(F)c2)c(=O)[nH]1. The Bertz CT molecular complexity index is 1080. The molecule has 0 aliphatic rings. The van der Waals surface area contributed by atoms with Gasteiger partial charge in [0.05, 0.1) is 11.3 Å². The summed E-state index contributed by atoms with van der Waals surface area (Å²) in [6, 6.07) is 2.81. The standard InChI is InChI=1S/C15H7F5N4O3/c16-9-3-8(24-14(26)23-11(25)6-22-24)4-10(17)13(9)27-12-2-1-7(5-21-12)15(18,19)20/h1-6H,(H,23,25,26). The number of benzene rings is 1. The summed E-state index contributed by atoms with van der Waals surface area (Å²) in [7, 11) is 0. The van der Waals surface area contributed by atoms with Crippen molar-refractivity contribution in [3.05, 3.63) is 74.7 Å². The van der Waals surface area contributed by atoms with Crippen LogP contribution in [0.1, 0.15) is 5.56 Å². The zero-order valence-electron chi connectivity index (χ0n) is 12.9. The van der Waals surface area contributed by atoms with E-state index in [1.165, 1.54) is 0 Å². The molecule has 27 heavy (non-hydrogen) atoms. The zero-order valence-corrected chi connectivity index (χ0v) is 12.9. The number of nitrogens with one attached hydrogen (secondary N) is 1. The van der Waals surface area contributed by atoms with Crippen LogP contribution >= 0.6 is 0 Å². The molecule has 0 spiro atoms. The second-order valence-electron chi connectivity index (χ2n) is 5.07. The minimum atomic E-state index is -4.62. The fourth-order valence-corrected chi connectivity index (χ4v) is 2.02. The molecule has 7 nitrogen and oxygen atoms in total. The van der Waals surface area contributed by atoms with Gasteiger partial charge in [0, 0.05) is 24.4 Å². The van der Waals surface area contributed by atoms with E-state index < -0.39 is 46.3 Å². The summed E-state index contributed by atoms with van der Waals surface area (Å²) in [5.41, 5.74) is -3.24. The monoisotopic (exact) mass is 386 g/mol. The molecule has 3 aromatic rings. The number of nitrogens with zero attached hydrogens (tertiary/aromatic N) is 3. The van der Waals surface area contributed by atoms with Gasteiger partial charge in [-0.05, 0) is 6.07 Å². The van der Waals surface area contributed by atoms with E-state index in [2.05, 4.69) is 10.1 Å². The van der Waals surface area contributed by atoms with Crippen molar-refractivity contribution in [2.75, 3.05) is 0 Å². The Labute approximate surface area is 145 Å². The van der Waals surface area contributed by atoms with Crippen molar-refractivity contribution < 1.29 is 26.7 Å². The number of halogens is 5. The number of rotatable bonds is 3. The Hall–Kier alpha value is -3.57. The van der Waals surface area contributed by atoms with Crippen LogP contribution in [0.3, 0.4) is 0 Å². The van der Waals surface area contributed by atoms with E-state index in [4.69, 9.17) is 4.74 Å². The van der Waals surface area contributed by atoms with E-state index in [9.17, 15) is 31.5 Å². The normalized spacial score (nSPS) is 11.4. The molecule has 1 N–H and O–H groups in total. The predicted molar refractivity (Wildman–Crippen MR) is 79.7 cm³/mol. The number of ether oxygens (including phenoxy) is 1. The maximum Gasteiger partial charge on any atom is 0.417 e. The third kappa shape index (κ3) is 3.83. The topological polar surface area (TPSA) is 89.9 Å². The number of hydrogen-bond acceptors (Lipinski definition) is 5. The van der Waals surface area contributed by atoms with Gasteiger partial charge in [-0.2, -0.15) is 23.0 Å². The smallest absolute Gasteiger partial charge is 0.417 e. The molecule has 0 saturated heterocycles. The molecule has 1 aromatic carbocycles. The van der Waals surface area contributed by atoms with Gasteiger partial charge in [-0.3, -0.25) is 9.78 Å². The summed E-state index contributed by atoms with van der Waals surface area (Å²) >= 11 is 0. The van der Waals surface area contributed by atoms with E-state index in [0.717, 1.165) is 12.3 Å². The second-order valence-corrected chi connectivity index (χ2v) is 5.07. The van der Waals surface area contributed by atoms with Crippen molar-refractivity contribution in [3.8, 4) is 17.3 Å². The van der Waals surface area contributed by atoms with Crippen LogP contribution in [0.2, 0.25) is 0 Å². The second kappa shape index (κ2) is 6.63. The molecule has 3 rings (SSSR count). The Balaban J connectivity index is 1.94. The summed E-state index contributed by atoms with van der Waals surface area (Å²) < 4.78 is 71.2. The van der Waals surface area contributed by atoms with Crippen molar-refractivity contribution in [2.45, 2.75) is 6.18 Å². The van der Waals surface area contributed by atoms with Crippen molar-refractivity contribution in [3.63, 3.8) is 0 Å². The first kappa shape index (κ1) is 18.2. The van der Waals surface area contributed by atoms with Gasteiger partial charge >= 0.3 is 11.9 Å². The molecule has 0 saturated carbocycles. The van der Waals surface area contributed by atoms with Gasteiger partial charge in [0.15, 0.2) is 11.6 Å². The molecule has 0 bridgehead atoms. The van der Waals surface area contributed by atoms with Gasteiger partial charge in [-0.1, -0.05) is 0 Å². The quantitative estimate of drug-likeness (QED) is 0.699. The summed E-state index contributed by atoms with van der Waals surface area (Å²) in [6.45, 7) is 0. The first-order valence-corrected chi connectivity index (χ1v) is 7.04. The first-order valence-electron chi connectivity index (χ1n) is 7.04. The minimum Gasteiger partial charge on any atom is -0.433 e. The predicted octanol–water partition coefficient (Wildman–Crippen LogP) is 2.41. The van der Waals surface area contributed by atoms with Gasteiger partial charge in [-0.25, -0.2) is 18.6 Å². The Kier molecular flexibility index (Phi) is 4.47. The Morgan fingerprint density at radius 3 is 2.22 bits per heavy atom. The van der Waals surface area contributed by atoms with Gasteiger partial charge < -0.3 is 4.74 Å². The average molecular weight is 386 g/mol. The first-order chi connectivity index (χ1) is 12.6. The third-order valence-corrected chi connectivity index (χ3v) is 3.21. The van der Waals surface area contributed by atoms with E-state index in [1.54, 1.807) is 0 Å². The highest BCUT2D eigenvalue weighted by atomic mass is 19.4. The summed E-state index contributed by atoms with van der Waals surface area (Å²) in [6.07, 6.45) is -3.45. The van der Waals surface area contributed by atoms with Gasteiger partial charge in [0.1, 0.15) is 6.20 Å². The summed E-state index contributed by atoms with van der Waals surface area (Å²) in [4.78, 5) is 27.8. The lowest BCUT2D eigenvalue weighted by atomic mass is 10.2. The van der Waals surface area contributed by atoms with Crippen molar-refractivity contribution in [2.24, 2.45) is 0 Å². The lowest BCUT2D eigenvalue weighted by molar-refractivity contribution is -0.137. The molecule has 2 aromatic heterocycles. The largest absolute Gasteiger partial charge is 0.433 e. The number of H-pyrrole nitrogens is 1. The van der Waals surface area contributed by atoms with Gasteiger partial charge in [0.2, 0.25) is 11.6 Å². The van der Waals surface area contributed by atoms with E-state index in [-0.39, 0.29) is 5.69 Å². The van der Waals surface area contributed by atoms with Crippen LogP contribution in [-0.4, -0.2) is 19.7 Å². The molecular formula is C15H7F5N4O3. The van der Waals surface area contributed by atoms with Crippen LogP contribution in [0.25, 0.3) is 5.69 Å². The molecule has 12 heteroatoms. The van der Waals surface area contributed by atoms with Gasteiger partial charge in [0.25, 0.3) is 5.56 Å². The Morgan fingerprint density at radius 2 is 1.70 bits per heavy atom. The summed E-state index contributed by atoms with van der Waals surface area (Å²) in [5, 5.41) is 3.44. The number of aromatic nitrogens is 4. The van der Waals surface area contributed by atoms with Gasteiger partial charge in [-0.15, -0.1) is 0 Å². The number of pyridine rings is 1. The van der Waals surface area contributed by atoms with Crippen molar-refractivity contribution in [1.29, 1.82) is 0 Å². The molecule has 2 heterocycles. The van der Waals surface area contributed by atoms with Crippen LogP contribution < -0.4 is 16.0 Å². The number of aromatic amines is 1. The highest BCUT2D eigenvalue weighted by Gasteiger charge is 2.30. The molecule has 0 fully saturated rings. The maximum absolute atomic E-state index is 14.2. The molecule has 0 radical (unpaired) electrons. The number of hydrogen-bond donors (Lipinski definition) is 1. The van der Waals surface area contributed by atoms with Crippen LogP contribution in [0.5, 0.6) is 11.6 Å². The fraction of sp³-hybridized carbons (Fsp3) is 0.0667. The lowest BCUT2D eigenvalue weighted by Gasteiger charge is -2.10. The summed E-state index contributed by atoms with van der Waals surface area (Å²) in [5.74, 6) is -3.96. The molecule has 0 unspecified atom stereocenters. The highest BCUT2D eigenvalue weighted by molar-refractivity contribution is 5.40. The van der Waals surface area contributed by atoms with E-state index >= 15 is 0 Å². The molecule has 0 aliphatic heterocycles. The fourth-order valence-electron chi connectivity index (χ4n) is 2.02. The van der Waals surface area contributed by atoms with Crippen molar-refractivity contribution >= 4 is 0 Å². The molecule has 0 aliphatic carbocycles. The van der Waals surface area contributed by atoms with Crippen molar-refractivity contribution in [1.82, 2.24) is 19.7 Å². The minimum absolute atomic E-state index is 0.348. The maximum atomic E-state index is 14.2. The molecular weight excluding hydrogens is 379 g/mol. The number of alkyl halides is 3. The molecule has 140 valence electrons. The zero-order chi connectivity index (χ0) is 19.8. The molecule has 0 amide bonds. The van der Waals surface area contributed by atoms with E-state index in [1.807, 2.05) is 4.98 Å². The lowest BCUT2D eigenvalue weighted by Crippen LogP contribution is -2.30. The van der Waals surface area contributed by atoms with E-state index in [0.29, 0.717) is 29.1 Å². The van der Waals surface area contributed by atoms with Crippen LogP contribution in [0.15, 0.2) is 46.2 Å². The Morgan fingerprint density at radius 1 is 1.04 bits per heavy atom. The van der Waals surface area contributed by atoms with Crippen LogP contribution in [0, 0.1) is 11.6 Å². The van der Waals surface area contributed by atoms with Crippen LogP contribution in [0.4, 0.5) is 22.0 Å². The third-order valence-electron chi connectivity index (χ3n) is 3.21.